The summed E-state index contributed by atoms with van der Waals surface area (Å²) in [7, 11) is 0. The lowest BCUT2D eigenvalue weighted by Crippen LogP contribution is -2.46. The van der Waals surface area contributed by atoms with Crippen molar-refractivity contribution in [2.45, 2.75) is 25.8 Å². The van der Waals surface area contributed by atoms with E-state index in [4.69, 9.17) is 5.73 Å². The third-order valence-corrected chi connectivity index (χ3v) is 4.89. The number of aryl methyl sites for hydroxylation is 1. The number of amides is 2. The molecule has 0 spiro atoms. The Morgan fingerprint density at radius 2 is 2.07 bits per heavy atom. The van der Waals surface area contributed by atoms with E-state index < -0.39 is 0 Å². The molecule has 2 amide bonds. The van der Waals surface area contributed by atoms with E-state index in [1.54, 1.807) is 23.1 Å². The van der Waals surface area contributed by atoms with Crippen LogP contribution in [-0.4, -0.2) is 52.4 Å². The maximum absolute atomic E-state index is 12.6. The number of carbonyl (C=O) groups is 2. The van der Waals surface area contributed by atoms with E-state index in [0.29, 0.717) is 37.1 Å². The fraction of sp³-hybridized carbons (Fsp3) is 0.474. The molecule has 1 aliphatic rings. The van der Waals surface area contributed by atoms with Crippen molar-refractivity contribution in [2.24, 2.45) is 11.7 Å². The molecule has 9 heteroatoms. The Bertz CT molecular complexity index is 885. The van der Waals surface area contributed by atoms with Gasteiger partial charge in [0, 0.05) is 39.1 Å². The van der Waals surface area contributed by atoms with Gasteiger partial charge in [0.25, 0.3) is 5.56 Å². The predicted molar refractivity (Wildman–Crippen MR) is 109 cm³/mol. The average molecular weight is 408 g/mol. The third-order valence-electron chi connectivity index (χ3n) is 4.89. The minimum Gasteiger partial charge on any atom is -0.355 e. The summed E-state index contributed by atoms with van der Waals surface area (Å²) < 4.78 is 1.47. The summed E-state index contributed by atoms with van der Waals surface area (Å²) in [5, 5.41) is 3.33. The molecule has 1 atom stereocenters. The van der Waals surface area contributed by atoms with Gasteiger partial charge < -0.3 is 16.0 Å². The van der Waals surface area contributed by atoms with Gasteiger partial charge in [-0.2, -0.15) is 0 Å². The first-order valence-corrected chi connectivity index (χ1v) is 9.30. The molecule has 2 aromatic rings. The van der Waals surface area contributed by atoms with Gasteiger partial charge >= 0.3 is 0 Å². The first kappa shape index (κ1) is 21.8. The van der Waals surface area contributed by atoms with Crippen LogP contribution in [0.5, 0.6) is 0 Å². The fourth-order valence-electron chi connectivity index (χ4n) is 3.40. The topological polar surface area (TPSA) is 110 Å². The zero-order chi connectivity index (χ0) is 19.2. The number of para-hydroxylation sites is 1. The van der Waals surface area contributed by atoms with Crippen molar-refractivity contribution in [2.75, 3.05) is 26.2 Å². The van der Waals surface area contributed by atoms with Crippen LogP contribution in [0.2, 0.25) is 0 Å². The van der Waals surface area contributed by atoms with Crippen molar-refractivity contribution in [3.63, 3.8) is 0 Å². The molecule has 3 N–H and O–H groups in total. The first-order valence-electron chi connectivity index (χ1n) is 9.30. The standard InChI is InChI=1S/C19H25N5O3.ClH/c20-8-9-21-18(26)14-4-3-10-23(12-14)17(25)7-11-24-13-22-16-6-2-1-5-15(16)19(24)27;/h1-2,5-6,13-14H,3-4,7-12,20H2,(H,21,26);1H. The van der Waals surface area contributed by atoms with Crippen LogP contribution in [0.15, 0.2) is 35.4 Å². The van der Waals surface area contributed by atoms with E-state index >= 15 is 0 Å². The molecule has 0 saturated carbocycles. The summed E-state index contributed by atoms with van der Waals surface area (Å²) in [6.07, 6.45) is 3.26. The molecule has 1 aromatic heterocycles. The average Bonchev–Trinajstić information content (AvgIpc) is 2.71. The minimum atomic E-state index is -0.195. The number of hydrogen-bond acceptors (Lipinski definition) is 5. The van der Waals surface area contributed by atoms with Crippen LogP contribution in [0, 0.1) is 5.92 Å². The Kier molecular flexibility index (Phi) is 7.95. The van der Waals surface area contributed by atoms with Crippen LogP contribution in [0.25, 0.3) is 10.9 Å². The summed E-state index contributed by atoms with van der Waals surface area (Å²) in [6, 6.07) is 7.15. The number of benzene rings is 1. The predicted octanol–water partition coefficient (Wildman–Crippen LogP) is 0.522. The molecule has 3 rings (SSSR count). The number of carbonyl (C=O) groups excluding carboxylic acids is 2. The summed E-state index contributed by atoms with van der Waals surface area (Å²) in [5.74, 6) is -0.293. The van der Waals surface area contributed by atoms with E-state index in [1.165, 1.54) is 10.9 Å². The Labute approximate surface area is 169 Å². The molecule has 0 radical (unpaired) electrons. The number of rotatable bonds is 6. The highest BCUT2D eigenvalue weighted by atomic mass is 35.5. The van der Waals surface area contributed by atoms with Crippen molar-refractivity contribution in [1.82, 2.24) is 19.8 Å². The molecule has 1 aromatic carbocycles. The highest BCUT2D eigenvalue weighted by molar-refractivity contribution is 5.85. The van der Waals surface area contributed by atoms with Crippen LogP contribution >= 0.6 is 12.4 Å². The van der Waals surface area contributed by atoms with E-state index in [2.05, 4.69) is 10.3 Å². The van der Waals surface area contributed by atoms with Crippen LogP contribution in [0.4, 0.5) is 0 Å². The van der Waals surface area contributed by atoms with Crippen LogP contribution < -0.4 is 16.6 Å². The Morgan fingerprint density at radius 3 is 2.86 bits per heavy atom. The second-order valence-corrected chi connectivity index (χ2v) is 6.77. The lowest BCUT2D eigenvalue weighted by molar-refractivity contribution is -0.135. The number of piperidine rings is 1. The second-order valence-electron chi connectivity index (χ2n) is 6.77. The number of fused-ring (bicyclic) bond motifs is 1. The highest BCUT2D eigenvalue weighted by Gasteiger charge is 2.28. The molecule has 8 nitrogen and oxygen atoms in total. The summed E-state index contributed by atoms with van der Waals surface area (Å²) in [4.78, 5) is 43.2. The molecule has 152 valence electrons. The van der Waals surface area contributed by atoms with Crippen LogP contribution in [0.1, 0.15) is 19.3 Å². The largest absolute Gasteiger partial charge is 0.355 e. The van der Waals surface area contributed by atoms with Gasteiger partial charge in [0.05, 0.1) is 23.1 Å². The number of nitrogens with two attached hydrogens (primary N) is 1. The van der Waals surface area contributed by atoms with Crippen molar-refractivity contribution in [3.8, 4) is 0 Å². The van der Waals surface area contributed by atoms with Gasteiger partial charge in [-0.3, -0.25) is 19.0 Å². The molecular formula is C19H26ClN5O3. The van der Waals surface area contributed by atoms with E-state index in [1.807, 2.05) is 6.07 Å². The molecule has 1 unspecified atom stereocenters. The van der Waals surface area contributed by atoms with E-state index in [0.717, 1.165) is 12.8 Å². The Hall–Kier alpha value is -2.45. The SMILES string of the molecule is Cl.NCCNC(=O)C1CCCN(C(=O)CCn2cnc3ccccc3c2=O)C1. The Morgan fingerprint density at radius 1 is 1.29 bits per heavy atom. The molecule has 1 fully saturated rings. The van der Waals surface area contributed by atoms with Gasteiger partial charge in [-0.25, -0.2) is 4.98 Å². The summed E-state index contributed by atoms with van der Waals surface area (Å²) in [6.45, 7) is 2.18. The highest BCUT2D eigenvalue weighted by Crippen LogP contribution is 2.17. The number of likely N-dealkylation sites (tertiary alicyclic amines) is 1. The third kappa shape index (κ3) is 5.08. The van der Waals surface area contributed by atoms with Crippen molar-refractivity contribution in [3.05, 3.63) is 40.9 Å². The van der Waals surface area contributed by atoms with E-state index in [-0.39, 0.29) is 48.7 Å². The van der Waals surface area contributed by atoms with E-state index in [9.17, 15) is 14.4 Å². The lowest BCUT2D eigenvalue weighted by Gasteiger charge is -2.32. The number of nitrogens with zero attached hydrogens (tertiary/aromatic N) is 3. The van der Waals surface area contributed by atoms with Crippen LogP contribution in [-0.2, 0) is 16.1 Å². The summed E-state index contributed by atoms with van der Waals surface area (Å²) in [5.41, 5.74) is 5.91. The van der Waals surface area contributed by atoms with Crippen molar-refractivity contribution in [1.29, 1.82) is 0 Å². The molecular weight excluding hydrogens is 382 g/mol. The first-order chi connectivity index (χ1) is 13.1. The quantitative estimate of drug-likeness (QED) is 0.725. The van der Waals surface area contributed by atoms with Gasteiger partial charge in [-0.1, -0.05) is 12.1 Å². The van der Waals surface area contributed by atoms with Gasteiger partial charge in [-0.05, 0) is 25.0 Å². The zero-order valence-corrected chi connectivity index (χ0v) is 16.5. The smallest absolute Gasteiger partial charge is 0.261 e. The minimum absolute atomic E-state index is 0. The second kappa shape index (κ2) is 10.2. The Balaban J connectivity index is 0.00000280. The summed E-state index contributed by atoms with van der Waals surface area (Å²) >= 11 is 0. The van der Waals surface area contributed by atoms with Gasteiger partial charge in [0.2, 0.25) is 11.8 Å². The monoisotopic (exact) mass is 407 g/mol. The lowest BCUT2D eigenvalue weighted by atomic mass is 9.97. The zero-order valence-electron chi connectivity index (χ0n) is 15.7. The molecule has 1 saturated heterocycles. The molecule has 28 heavy (non-hydrogen) atoms. The van der Waals surface area contributed by atoms with Gasteiger partial charge in [0.1, 0.15) is 0 Å². The fourth-order valence-corrected chi connectivity index (χ4v) is 3.40. The number of hydrogen-bond donors (Lipinski definition) is 2. The molecule has 1 aliphatic heterocycles. The van der Waals surface area contributed by atoms with Crippen LogP contribution in [0.3, 0.4) is 0 Å². The van der Waals surface area contributed by atoms with Gasteiger partial charge in [0.15, 0.2) is 0 Å². The molecule has 2 heterocycles. The van der Waals surface area contributed by atoms with Crippen molar-refractivity contribution < 1.29 is 9.59 Å². The van der Waals surface area contributed by atoms with Gasteiger partial charge in [-0.15, -0.1) is 12.4 Å². The normalized spacial score (nSPS) is 16.5. The molecule has 0 aliphatic carbocycles. The number of halogens is 1. The number of nitrogens with one attached hydrogen (secondary N) is 1. The molecule has 0 bridgehead atoms. The maximum Gasteiger partial charge on any atom is 0.261 e. The van der Waals surface area contributed by atoms with Crippen molar-refractivity contribution >= 4 is 35.1 Å². The number of aromatic nitrogens is 2. The maximum atomic E-state index is 12.6.